The van der Waals surface area contributed by atoms with Crippen LogP contribution in [0.3, 0.4) is 0 Å². The quantitative estimate of drug-likeness (QED) is 0.618. The minimum Gasteiger partial charge on any atom is -0.101 e. The molecule has 94 valence electrons. The molecule has 0 radical (unpaired) electrons. The molecule has 0 bridgehead atoms. The largest absolute Gasteiger partial charge is 0.101 e. The predicted molar refractivity (Wildman–Crippen MR) is 79.9 cm³/mol. The van der Waals surface area contributed by atoms with Crippen molar-refractivity contribution in [3.8, 4) is 0 Å². The zero-order valence-corrected chi connectivity index (χ0v) is 13.2. The minimum absolute atomic E-state index is 0.394. The van der Waals surface area contributed by atoms with Gasteiger partial charge in [-0.15, -0.1) is 15.8 Å². The Morgan fingerprint density at radius 2 is 0.875 bits per heavy atom. The molecule has 16 heavy (non-hydrogen) atoms. The highest BCUT2D eigenvalue weighted by Gasteiger charge is 2.33. The van der Waals surface area contributed by atoms with Gasteiger partial charge in [-0.2, -0.15) is 0 Å². The lowest BCUT2D eigenvalue weighted by molar-refractivity contribution is 0.777. The van der Waals surface area contributed by atoms with Crippen molar-refractivity contribution < 1.29 is 0 Å². The molecule has 0 aromatic carbocycles. The molecule has 0 saturated carbocycles. The average Bonchev–Trinajstić information content (AvgIpc) is 2.72. The molecular formula is C14H28P2. The van der Waals surface area contributed by atoms with Crippen LogP contribution < -0.4 is 0 Å². The predicted octanol–water partition coefficient (Wildman–Crippen LogP) is 5.09. The molecule has 0 aromatic rings. The fraction of sp³-hybridized carbons (Fsp3) is 1.00. The molecule has 2 aliphatic heterocycles. The zero-order chi connectivity index (χ0) is 11.7. The third-order valence-corrected chi connectivity index (χ3v) is 12.3. The van der Waals surface area contributed by atoms with Crippen LogP contribution in [0.15, 0.2) is 0 Å². The molecule has 0 amide bonds. The van der Waals surface area contributed by atoms with Gasteiger partial charge in [0.1, 0.15) is 0 Å². The molecule has 2 rings (SSSR count). The van der Waals surface area contributed by atoms with Crippen LogP contribution >= 0.6 is 15.8 Å². The van der Waals surface area contributed by atoms with E-state index in [1.54, 1.807) is 12.3 Å². The van der Waals surface area contributed by atoms with E-state index in [0.717, 1.165) is 22.6 Å². The van der Waals surface area contributed by atoms with Crippen molar-refractivity contribution in [1.29, 1.82) is 0 Å². The van der Waals surface area contributed by atoms with Gasteiger partial charge in [0.2, 0.25) is 0 Å². The summed E-state index contributed by atoms with van der Waals surface area (Å²) < 4.78 is 0. The monoisotopic (exact) mass is 258 g/mol. The van der Waals surface area contributed by atoms with Gasteiger partial charge in [-0.05, 0) is 60.6 Å². The first kappa shape index (κ1) is 13.3. The summed E-state index contributed by atoms with van der Waals surface area (Å²) in [5.41, 5.74) is 4.31. The number of hydrogen-bond donors (Lipinski definition) is 0. The van der Waals surface area contributed by atoms with Crippen molar-refractivity contribution in [3.05, 3.63) is 0 Å². The normalized spacial score (nSPS) is 42.0. The van der Waals surface area contributed by atoms with E-state index in [-0.39, 0.29) is 0 Å². The Morgan fingerprint density at radius 3 is 1.12 bits per heavy atom. The van der Waals surface area contributed by atoms with Crippen molar-refractivity contribution >= 4 is 15.8 Å². The van der Waals surface area contributed by atoms with Crippen LogP contribution in [0.5, 0.6) is 0 Å². The van der Waals surface area contributed by atoms with Crippen LogP contribution in [-0.2, 0) is 0 Å². The maximum Gasteiger partial charge on any atom is -0.0235 e. The second-order valence-electron chi connectivity index (χ2n) is 6.03. The van der Waals surface area contributed by atoms with Crippen LogP contribution in [0.1, 0.15) is 53.4 Å². The summed E-state index contributed by atoms with van der Waals surface area (Å²) in [4.78, 5) is 0. The standard InChI is InChI=1S/C14H28P2/c1-11-5-6-12(2)15(11)9-10-16-13(3)7-8-14(16)4/h11-14H,5-10H2,1-4H3/t11-,12-,13-,14-/m0/s1. The average molecular weight is 258 g/mol. The first-order valence-electron chi connectivity index (χ1n) is 7.11. The van der Waals surface area contributed by atoms with Crippen LogP contribution in [-0.4, -0.2) is 35.0 Å². The molecule has 4 atom stereocenters. The molecule has 2 heterocycles. The molecule has 0 aromatic heterocycles. The first-order valence-corrected chi connectivity index (χ1v) is 10.4. The maximum atomic E-state index is 2.52. The lowest BCUT2D eigenvalue weighted by Crippen LogP contribution is -2.08. The van der Waals surface area contributed by atoms with E-state index < -0.39 is 0 Å². The lowest BCUT2D eigenvalue weighted by atomic mass is 10.2. The van der Waals surface area contributed by atoms with E-state index in [4.69, 9.17) is 0 Å². The molecule has 0 aliphatic carbocycles. The van der Waals surface area contributed by atoms with E-state index in [1.165, 1.54) is 25.7 Å². The van der Waals surface area contributed by atoms with Gasteiger partial charge in [-0.3, -0.25) is 0 Å². The summed E-state index contributed by atoms with van der Waals surface area (Å²) in [6, 6.07) is 0. The highest BCUT2D eigenvalue weighted by molar-refractivity contribution is 7.63. The molecule has 2 fully saturated rings. The Hall–Kier alpha value is 0.860. The van der Waals surface area contributed by atoms with Crippen molar-refractivity contribution in [3.63, 3.8) is 0 Å². The summed E-state index contributed by atoms with van der Waals surface area (Å²) in [6.07, 6.45) is 9.31. The Morgan fingerprint density at radius 1 is 0.625 bits per heavy atom. The molecule has 2 saturated heterocycles. The highest BCUT2D eigenvalue weighted by Crippen LogP contribution is 2.60. The first-order chi connectivity index (χ1) is 7.59. The van der Waals surface area contributed by atoms with E-state index in [2.05, 4.69) is 27.7 Å². The maximum absolute atomic E-state index is 2.52. The number of hydrogen-bond acceptors (Lipinski definition) is 0. The SMILES string of the molecule is C[C@H]1CC[C@H](C)P1CCP1[C@@H](C)CC[C@@H]1C. The summed E-state index contributed by atoms with van der Waals surface area (Å²) in [6.45, 7) is 10.1. The molecule has 2 aliphatic rings. The second-order valence-corrected chi connectivity index (χ2v) is 12.5. The van der Waals surface area contributed by atoms with E-state index in [0.29, 0.717) is 15.8 Å². The summed E-state index contributed by atoms with van der Waals surface area (Å²) in [5.74, 6) is 0. The summed E-state index contributed by atoms with van der Waals surface area (Å²) in [5, 5.41) is 0. The smallest absolute Gasteiger partial charge is 0.0235 e. The van der Waals surface area contributed by atoms with Gasteiger partial charge in [-0.1, -0.05) is 27.7 Å². The lowest BCUT2D eigenvalue weighted by Gasteiger charge is -2.26. The fourth-order valence-electron chi connectivity index (χ4n) is 3.61. The molecule has 2 heteroatoms. The van der Waals surface area contributed by atoms with E-state index in [9.17, 15) is 0 Å². The molecule has 0 spiro atoms. The van der Waals surface area contributed by atoms with Crippen LogP contribution in [0.25, 0.3) is 0 Å². The molecule has 0 nitrogen and oxygen atoms in total. The summed E-state index contributed by atoms with van der Waals surface area (Å²) >= 11 is 0. The molecule has 0 N–H and O–H groups in total. The van der Waals surface area contributed by atoms with Gasteiger partial charge in [0.15, 0.2) is 0 Å². The van der Waals surface area contributed by atoms with Crippen LogP contribution in [0.2, 0.25) is 0 Å². The van der Waals surface area contributed by atoms with E-state index >= 15 is 0 Å². The van der Waals surface area contributed by atoms with Crippen LogP contribution in [0, 0.1) is 0 Å². The Labute approximate surface area is 104 Å². The van der Waals surface area contributed by atoms with Gasteiger partial charge in [-0.25, -0.2) is 0 Å². The fourth-order valence-corrected chi connectivity index (χ4v) is 10.9. The third kappa shape index (κ3) is 2.81. The highest BCUT2D eigenvalue weighted by atomic mass is 31.1. The van der Waals surface area contributed by atoms with Gasteiger partial charge in [0.25, 0.3) is 0 Å². The Balaban J connectivity index is 1.82. The molecular weight excluding hydrogens is 230 g/mol. The zero-order valence-electron chi connectivity index (χ0n) is 11.4. The van der Waals surface area contributed by atoms with E-state index in [1.807, 2.05) is 0 Å². The Bertz CT molecular complexity index is 185. The van der Waals surface area contributed by atoms with Gasteiger partial charge in [0.05, 0.1) is 0 Å². The number of rotatable bonds is 3. The van der Waals surface area contributed by atoms with Crippen molar-refractivity contribution in [2.45, 2.75) is 76.0 Å². The minimum atomic E-state index is 0.394. The van der Waals surface area contributed by atoms with Gasteiger partial charge in [0, 0.05) is 0 Å². The van der Waals surface area contributed by atoms with Gasteiger partial charge >= 0.3 is 0 Å². The van der Waals surface area contributed by atoms with Crippen LogP contribution in [0.4, 0.5) is 0 Å². The van der Waals surface area contributed by atoms with Crippen molar-refractivity contribution in [2.24, 2.45) is 0 Å². The van der Waals surface area contributed by atoms with Gasteiger partial charge < -0.3 is 0 Å². The third-order valence-electron chi connectivity index (χ3n) is 4.89. The Kier molecular flexibility index (Phi) is 4.71. The molecule has 0 unspecified atom stereocenters. The second kappa shape index (κ2) is 5.67. The topological polar surface area (TPSA) is 0 Å². The van der Waals surface area contributed by atoms with Crippen molar-refractivity contribution in [1.82, 2.24) is 0 Å². The van der Waals surface area contributed by atoms with Crippen molar-refractivity contribution in [2.75, 3.05) is 12.3 Å². The summed E-state index contributed by atoms with van der Waals surface area (Å²) in [7, 11) is 0.789.